The summed E-state index contributed by atoms with van der Waals surface area (Å²) >= 11 is 4.58. The fourth-order valence-electron chi connectivity index (χ4n) is 1.15. The molecule has 0 atom stereocenters. The van der Waals surface area contributed by atoms with Crippen LogP contribution >= 0.6 is 27.7 Å². The third-order valence-electron chi connectivity index (χ3n) is 1.94. The maximum absolute atomic E-state index is 10.3. The Bertz CT molecular complexity index is 409. The Morgan fingerprint density at radius 1 is 1.71 bits per heavy atom. The van der Waals surface area contributed by atoms with Gasteiger partial charge in [0.2, 0.25) is 0 Å². The molecule has 1 aromatic rings. The van der Waals surface area contributed by atoms with Crippen molar-refractivity contribution in [3.05, 3.63) is 49.8 Å². The Balaban J connectivity index is 2.41. The van der Waals surface area contributed by atoms with Crippen LogP contribution in [0.3, 0.4) is 0 Å². The molecule has 0 aliphatic rings. The summed E-state index contributed by atoms with van der Waals surface area (Å²) in [5.41, 5.74) is 1.09. The Labute approximate surface area is 112 Å². The van der Waals surface area contributed by atoms with E-state index < -0.39 is 4.92 Å². The van der Waals surface area contributed by atoms with Crippen LogP contribution in [0.1, 0.15) is 5.56 Å². The molecule has 5 nitrogen and oxygen atoms in total. The number of rotatable bonds is 6. The minimum absolute atomic E-state index is 0.458. The van der Waals surface area contributed by atoms with Crippen LogP contribution in [0.5, 0.6) is 0 Å². The predicted molar refractivity (Wildman–Crippen MR) is 72.2 cm³/mol. The first-order valence-corrected chi connectivity index (χ1v) is 6.87. The molecular formula is C10H12BrN3O2S. The Morgan fingerprint density at radius 3 is 3.00 bits per heavy atom. The molecule has 0 aliphatic heterocycles. The average Bonchev–Trinajstić information content (AvgIpc) is 2.30. The molecule has 0 spiro atoms. The Hall–Kier alpha value is -1.08. The van der Waals surface area contributed by atoms with Gasteiger partial charge in [-0.25, -0.2) is 4.98 Å². The SMILES string of the molecule is CS/C(=C\[N+](=O)[O-])NCCc1ccc(Br)nc1. The molecule has 1 rings (SSSR count). The molecule has 1 heterocycles. The zero-order chi connectivity index (χ0) is 12.7. The first-order valence-electron chi connectivity index (χ1n) is 4.85. The number of nitrogens with one attached hydrogen (secondary N) is 1. The molecular weight excluding hydrogens is 306 g/mol. The monoisotopic (exact) mass is 317 g/mol. The lowest BCUT2D eigenvalue weighted by atomic mass is 10.2. The van der Waals surface area contributed by atoms with Crippen molar-refractivity contribution in [1.82, 2.24) is 10.3 Å². The number of nitrogens with zero attached hydrogens (tertiary/aromatic N) is 2. The molecule has 17 heavy (non-hydrogen) atoms. The summed E-state index contributed by atoms with van der Waals surface area (Å²) in [6.07, 6.45) is 5.33. The third-order valence-corrected chi connectivity index (χ3v) is 3.10. The van der Waals surface area contributed by atoms with Gasteiger partial charge in [0, 0.05) is 12.7 Å². The molecule has 0 saturated heterocycles. The van der Waals surface area contributed by atoms with E-state index in [0.717, 1.165) is 22.8 Å². The van der Waals surface area contributed by atoms with Gasteiger partial charge in [0.15, 0.2) is 0 Å². The van der Waals surface area contributed by atoms with Crippen LogP contribution in [0, 0.1) is 10.1 Å². The molecule has 92 valence electrons. The van der Waals surface area contributed by atoms with Crippen molar-refractivity contribution < 1.29 is 4.92 Å². The van der Waals surface area contributed by atoms with Crippen LogP contribution < -0.4 is 5.32 Å². The van der Waals surface area contributed by atoms with Gasteiger partial charge in [0.05, 0.1) is 4.92 Å². The fourth-order valence-corrected chi connectivity index (χ4v) is 1.82. The highest BCUT2D eigenvalue weighted by Crippen LogP contribution is 2.09. The van der Waals surface area contributed by atoms with Crippen LogP contribution in [0.4, 0.5) is 0 Å². The van der Waals surface area contributed by atoms with Gasteiger partial charge in [-0.05, 0) is 40.2 Å². The van der Waals surface area contributed by atoms with Crippen LogP contribution in [0.2, 0.25) is 0 Å². The predicted octanol–water partition coefficient (Wildman–Crippen LogP) is 2.41. The third kappa shape index (κ3) is 5.69. The maximum atomic E-state index is 10.3. The number of aromatic nitrogens is 1. The highest BCUT2D eigenvalue weighted by Gasteiger charge is 2.00. The first-order chi connectivity index (χ1) is 8.11. The lowest BCUT2D eigenvalue weighted by Crippen LogP contribution is -2.15. The van der Waals surface area contributed by atoms with Crippen LogP contribution in [0.15, 0.2) is 34.2 Å². The summed E-state index contributed by atoms with van der Waals surface area (Å²) in [4.78, 5) is 13.9. The van der Waals surface area contributed by atoms with E-state index in [-0.39, 0.29) is 0 Å². The van der Waals surface area contributed by atoms with Crippen molar-refractivity contribution in [2.45, 2.75) is 6.42 Å². The van der Waals surface area contributed by atoms with Gasteiger partial charge >= 0.3 is 0 Å². The van der Waals surface area contributed by atoms with Crippen LogP contribution in [-0.2, 0) is 6.42 Å². The molecule has 1 N–H and O–H groups in total. The molecule has 0 unspecified atom stereocenters. The number of pyridine rings is 1. The lowest BCUT2D eigenvalue weighted by molar-refractivity contribution is -0.403. The molecule has 0 fully saturated rings. The molecule has 7 heteroatoms. The maximum Gasteiger partial charge on any atom is 0.263 e. The average molecular weight is 318 g/mol. The van der Waals surface area contributed by atoms with E-state index >= 15 is 0 Å². The second-order valence-corrected chi connectivity index (χ2v) is 4.81. The van der Waals surface area contributed by atoms with Gasteiger partial charge < -0.3 is 5.32 Å². The number of halogens is 1. The summed E-state index contributed by atoms with van der Waals surface area (Å²) in [5, 5.41) is 13.9. The standard InChI is InChI=1S/C10H12BrN3O2S/c1-17-10(7-14(15)16)12-5-4-8-2-3-9(11)13-6-8/h2-3,6-7,12H,4-5H2,1H3/b10-7-. The number of nitro groups is 1. The number of hydrogen-bond donors (Lipinski definition) is 1. The Kier molecular flexibility index (Phi) is 5.99. The molecule has 0 saturated carbocycles. The lowest BCUT2D eigenvalue weighted by Gasteiger charge is -2.05. The van der Waals surface area contributed by atoms with E-state index in [2.05, 4.69) is 26.2 Å². The minimum atomic E-state index is -0.458. The topological polar surface area (TPSA) is 68.1 Å². The Morgan fingerprint density at radius 2 is 2.47 bits per heavy atom. The van der Waals surface area contributed by atoms with Gasteiger partial charge in [0.1, 0.15) is 9.63 Å². The second-order valence-electron chi connectivity index (χ2n) is 3.15. The zero-order valence-electron chi connectivity index (χ0n) is 9.22. The highest BCUT2D eigenvalue weighted by molar-refractivity contribution is 9.10. The normalized spacial score (nSPS) is 11.3. The van der Waals surface area contributed by atoms with Crippen molar-refractivity contribution in [2.75, 3.05) is 12.8 Å². The van der Waals surface area contributed by atoms with Gasteiger partial charge in [0.25, 0.3) is 6.20 Å². The first kappa shape index (κ1) is 14.0. The fraction of sp³-hybridized carbons (Fsp3) is 0.300. The summed E-state index contributed by atoms with van der Waals surface area (Å²) in [6.45, 7) is 0.643. The zero-order valence-corrected chi connectivity index (χ0v) is 11.6. The van der Waals surface area contributed by atoms with Crippen molar-refractivity contribution in [3.63, 3.8) is 0 Å². The van der Waals surface area contributed by atoms with E-state index in [1.165, 1.54) is 11.8 Å². The molecule has 0 aromatic carbocycles. The summed E-state index contributed by atoms with van der Waals surface area (Å²) in [6, 6.07) is 3.84. The number of thioether (sulfide) groups is 1. The quantitative estimate of drug-likeness (QED) is 0.496. The summed E-state index contributed by atoms with van der Waals surface area (Å²) in [7, 11) is 0. The van der Waals surface area contributed by atoms with Crippen molar-refractivity contribution in [2.24, 2.45) is 0 Å². The van der Waals surface area contributed by atoms with Gasteiger partial charge in [-0.1, -0.05) is 6.07 Å². The van der Waals surface area contributed by atoms with Crippen LogP contribution in [-0.4, -0.2) is 22.7 Å². The molecule has 0 amide bonds. The molecule has 1 aromatic heterocycles. The summed E-state index contributed by atoms with van der Waals surface area (Å²) in [5.74, 6) is 0. The van der Waals surface area contributed by atoms with Gasteiger partial charge in [-0.3, -0.25) is 10.1 Å². The van der Waals surface area contributed by atoms with Crippen molar-refractivity contribution in [1.29, 1.82) is 0 Å². The van der Waals surface area contributed by atoms with Crippen LogP contribution in [0.25, 0.3) is 0 Å². The highest BCUT2D eigenvalue weighted by atomic mass is 79.9. The summed E-state index contributed by atoms with van der Waals surface area (Å²) < 4.78 is 0.798. The van der Waals surface area contributed by atoms with Crippen molar-refractivity contribution >= 4 is 27.7 Å². The molecule has 0 radical (unpaired) electrons. The van der Waals surface area contributed by atoms with Gasteiger partial charge in [-0.15, -0.1) is 11.8 Å². The minimum Gasteiger partial charge on any atom is -0.374 e. The van der Waals surface area contributed by atoms with E-state index in [9.17, 15) is 10.1 Å². The largest absolute Gasteiger partial charge is 0.374 e. The van der Waals surface area contributed by atoms with Gasteiger partial charge in [-0.2, -0.15) is 0 Å². The molecule has 0 bridgehead atoms. The smallest absolute Gasteiger partial charge is 0.263 e. The van der Waals surface area contributed by atoms with Crippen molar-refractivity contribution in [3.8, 4) is 0 Å². The number of hydrogen-bond acceptors (Lipinski definition) is 5. The molecule has 0 aliphatic carbocycles. The van der Waals surface area contributed by atoms with E-state index in [1.807, 2.05) is 12.1 Å². The second kappa shape index (κ2) is 7.29. The van der Waals surface area contributed by atoms with E-state index in [4.69, 9.17) is 0 Å². The van der Waals surface area contributed by atoms with E-state index in [1.54, 1.807) is 12.5 Å². The van der Waals surface area contributed by atoms with E-state index in [0.29, 0.717) is 11.6 Å².